The molecule has 20 heavy (non-hydrogen) atoms. The average molecular weight is 297 g/mol. The number of hydrogen-bond acceptors (Lipinski definition) is 4. The minimum atomic E-state index is 0.0495. The third kappa shape index (κ3) is 3.32. The highest BCUT2D eigenvalue weighted by Gasteiger charge is 2.37. The highest BCUT2D eigenvalue weighted by Crippen LogP contribution is 2.26. The van der Waals surface area contributed by atoms with Crippen LogP contribution >= 0.6 is 11.3 Å². The van der Waals surface area contributed by atoms with Gasteiger partial charge in [-0.25, -0.2) is 0 Å². The van der Waals surface area contributed by atoms with Gasteiger partial charge in [-0.15, -0.1) is 0 Å². The van der Waals surface area contributed by atoms with Crippen LogP contribution in [0.15, 0.2) is 10.2 Å². The smallest absolute Gasteiger partial charge is 0.304 e. The molecule has 0 aromatic carbocycles. The Hall–Kier alpha value is -0.650. The monoisotopic (exact) mass is 297 g/mol. The van der Waals surface area contributed by atoms with Crippen molar-refractivity contribution in [2.75, 3.05) is 13.1 Å². The molecule has 1 atom stereocenters. The molecule has 1 aliphatic rings. The van der Waals surface area contributed by atoms with E-state index in [4.69, 9.17) is 0 Å². The van der Waals surface area contributed by atoms with Gasteiger partial charge in [0.05, 0.1) is 0 Å². The van der Waals surface area contributed by atoms with Crippen LogP contribution < -0.4 is 10.2 Å². The van der Waals surface area contributed by atoms with Crippen LogP contribution in [0.2, 0.25) is 0 Å². The number of nitrogens with zero attached hydrogens (tertiary/aromatic N) is 1. The summed E-state index contributed by atoms with van der Waals surface area (Å²) in [7, 11) is 0. The van der Waals surface area contributed by atoms with Crippen LogP contribution in [0, 0.1) is 5.92 Å². The molecule has 1 unspecified atom stereocenters. The first kappa shape index (κ1) is 15.7. The van der Waals surface area contributed by atoms with Crippen molar-refractivity contribution in [1.82, 2.24) is 15.2 Å². The van der Waals surface area contributed by atoms with Crippen LogP contribution in [0.4, 0.5) is 0 Å². The number of aromatic amines is 1. The maximum Gasteiger partial charge on any atom is 0.304 e. The fourth-order valence-electron chi connectivity index (χ4n) is 3.18. The van der Waals surface area contributed by atoms with E-state index in [0.717, 1.165) is 38.2 Å². The Labute approximate surface area is 125 Å². The van der Waals surface area contributed by atoms with Crippen molar-refractivity contribution in [1.29, 1.82) is 0 Å². The van der Waals surface area contributed by atoms with Crippen molar-refractivity contribution in [3.63, 3.8) is 0 Å². The molecule has 1 aromatic rings. The van der Waals surface area contributed by atoms with Gasteiger partial charge in [0.25, 0.3) is 0 Å². The largest absolute Gasteiger partial charge is 0.315 e. The second-order valence-corrected chi connectivity index (χ2v) is 7.10. The number of H-pyrrole nitrogens is 1. The number of hydrogen-bond donors (Lipinski definition) is 2. The zero-order chi connectivity index (χ0) is 14.8. The summed E-state index contributed by atoms with van der Waals surface area (Å²) in [5, 5.41) is 5.73. The summed E-state index contributed by atoms with van der Waals surface area (Å²) in [6.07, 6.45) is 2.29. The predicted molar refractivity (Wildman–Crippen MR) is 85.3 cm³/mol. The second kappa shape index (κ2) is 6.41. The van der Waals surface area contributed by atoms with Gasteiger partial charge in [-0.05, 0) is 18.8 Å². The maximum absolute atomic E-state index is 11.3. The summed E-state index contributed by atoms with van der Waals surface area (Å²) in [6, 6.07) is 0.532. The van der Waals surface area contributed by atoms with Gasteiger partial charge >= 0.3 is 4.87 Å². The minimum Gasteiger partial charge on any atom is -0.315 e. The first-order chi connectivity index (χ1) is 9.49. The molecule has 4 nitrogen and oxygen atoms in total. The molecule has 0 amide bonds. The van der Waals surface area contributed by atoms with Crippen molar-refractivity contribution < 1.29 is 0 Å². The zero-order valence-corrected chi connectivity index (χ0v) is 13.8. The molecule has 2 rings (SSSR count). The Bertz CT molecular complexity index is 475. The summed E-state index contributed by atoms with van der Waals surface area (Å²) in [4.78, 5) is 16.9. The lowest BCUT2D eigenvalue weighted by Gasteiger charge is -2.48. The zero-order valence-electron chi connectivity index (χ0n) is 13.0. The fourth-order valence-corrected chi connectivity index (χ4v) is 3.75. The number of thiazole rings is 1. The van der Waals surface area contributed by atoms with Crippen molar-refractivity contribution in [2.45, 2.75) is 58.7 Å². The lowest BCUT2D eigenvalue weighted by atomic mass is 9.86. The Morgan fingerprint density at radius 3 is 2.65 bits per heavy atom. The lowest BCUT2D eigenvalue weighted by Crippen LogP contribution is -2.64. The molecule has 1 fully saturated rings. The Morgan fingerprint density at radius 2 is 2.15 bits per heavy atom. The number of piperazine rings is 1. The highest BCUT2D eigenvalue weighted by atomic mass is 32.1. The third-order valence-electron chi connectivity index (χ3n) is 4.73. The fraction of sp³-hybridized carbons (Fsp3) is 0.800. The quantitative estimate of drug-likeness (QED) is 0.877. The SMILES string of the molecule is CCC1(CC)CN(Cc2csc(=O)[nH]2)C(C(C)C)CN1. The lowest BCUT2D eigenvalue weighted by molar-refractivity contribution is 0.0435. The van der Waals surface area contributed by atoms with Gasteiger partial charge in [0.15, 0.2) is 0 Å². The summed E-state index contributed by atoms with van der Waals surface area (Å²) >= 11 is 1.26. The van der Waals surface area contributed by atoms with Crippen LogP contribution in [0.25, 0.3) is 0 Å². The summed E-state index contributed by atoms with van der Waals surface area (Å²) in [5.41, 5.74) is 1.27. The van der Waals surface area contributed by atoms with Crippen molar-refractivity contribution in [3.8, 4) is 0 Å². The molecule has 0 radical (unpaired) electrons. The Kier molecular flexibility index (Phi) is 5.04. The van der Waals surface area contributed by atoms with Crippen molar-refractivity contribution in [3.05, 3.63) is 20.7 Å². The molecule has 1 aromatic heterocycles. The first-order valence-electron chi connectivity index (χ1n) is 7.65. The molecule has 0 saturated carbocycles. The van der Waals surface area contributed by atoms with E-state index in [9.17, 15) is 4.79 Å². The summed E-state index contributed by atoms with van der Waals surface area (Å²) < 4.78 is 0. The molecule has 1 aliphatic heterocycles. The van der Waals surface area contributed by atoms with E-state index in [-0.39, 0.29) is 10.4 Å². The standard InChI is InChI=1S/C15H27N3OS/c1-5-15(6-2)10-18(13(7-16-15)11(3)4)8-12-9-20-14(19)17-12/h9,11,13,16H,5-8,10H2,1-4H3,(H,17,19). The van der Waals surface area contributed by atoms with Crippen molar-refractivity contribution >= 4 is 11.3 Å². The van der Waals surface area contributed by atoms with Crippen LogP contribution in [0.5, 0.6) is 0 Å². The number of rotatable bonds is 5. The molecule has 114 valence electrons. The van der Waals surface area contributed by atoms with E-state index in [2.05, 4.69) is 42.9 Å². The average Bonchev–Trinajstić information content (AvgIpc) is 2.83. The molecule has 2 heterocycles. The van der Waals surface area contributed by atoms with Gasteiger partial charge in [-0.3, -0.25) is 9.69 Å². The number of nitrogens with one attached hydrogen (secondary N) is 2. The molecule has 2 N–H and O–H groups in total. The Balaban J connectivity index is 2.16. The predicted octanol–water partition coefficient (Wildman–Crippen LogP) is 2.42. The summed E-state index contributed by atoms with van der Waals surface area (Å²) in [6.45, 7) is 12.0. The molecular formula is C15H27N3OS. The normalized spacial score (nSPS) is 23.4. The van der Waals surface area contributed by atoms with Gasteiger partial charge in [0.1, 0.15) is 0 Å². The van der Waals surface area contributed by atoms with Gasteiger partial charge in [-0.1, -0.05) is 39.0 Å². The van der Waals surface area contributed by atoms with Gasteiger partial charge < -0.3 is 10.3 Å². The van der Waals surface area contributed by atoms with Crippen LogP contribution in [-0.2, 0) is 6.54 Å². The van der Waals surface area contributed by atoms with Gasteiger partial charge in [-0.2, -0.15) is 0 Å². The molecule has 1 saturated heterocycles. The van der Waals surface area contributed by atoms with E-state index in [1.165, 1.54) is 11.3 Å². The molecular weight excluding hydrogens is 270 g/mol. The van der Waals surface area contributed by atoms with Crippen LogP contribution in [0.3, 0.4) is 0 Å². The highest BCUT2D eigenvalue weighted by molar-refractivity contribution is 7.07. The van der Waals surface area contributed by atoms with E-state index in [1.807, 2.05) is 5.38 Å². The topological polar surface area (TPSA) is 48.1 Å². The van der Waals surface area contributed by atoms with E-state index in [1.54, 1.807) is 0 Å². The maximum atomic E-state index is 11.3. The minimum absolute atomic E-state index is 0.0495. The molecule has 0 bridgehead atoms. The Morgan fingerprint density at radius 1 is 1.45 bits per heavy atom. The summed E-state index contributed by atoms with van der Waals surface area (Å²) in [5.74, 6) is 0.611. The van der Waals surface area contributed by atoms with Crippen LogP contribution in [-0.4, -0.2) is 34.6 Å². The van der Waals surface area contributed by atoms with E-state index >= 15 is 0 Å². The van der Waals surface area contributed by atoms with E-state index < -0.39 is 0 Å². The van der Waals surface area contributed by atoms with E-state index in [0.29, 0.717) is 12.0 Å². The van der Waals surface area contributed by atoms with Gasteiger partial charge in [0.2, 0.25) is 0 Å². The van der Waals surface area contributed by atoms with Gasteiger partial charge in [0, 0.05) is 42.3 Å². The molecule has 5 heteroatoms. The van der Waals surface area contributed by atoms with Crippen LogP contribution in [0.1, 0.15) is 46.2 Å². The third-order valence-corrected chi connectivity index (χ3v) is 5.45. The molecule has 0 spiro atoms. The first-order valence-corrected chi connectivity index (χ1v) is 8.53. The second-order valence-electron chi connectivity index (χ2n) is 6.26. The number of aromatic nitrogens is 1. The van der Waals surface area contributed by atoms with Crippen molar-refractivity contribution in [2.24, 2.45) is 5.92 Å². The molecule has 0 aliphatic carbocycles.